The molecule has 0 aliphatic heterocycles. The van der Waals surface area contributed by atoms with Crippen LogP contribution in [-0.2, 0) is 6.42 Å². The minimum Gasteiger partial charge on any atom is -0.494 e. The second-order valence-electron chi connectivity index (χ2n) is 10.4. The molecule has 3 rings (SSSR count). The van der Waals surface area contributed by atoms with Gasteiger partial charge in [-0.3, -0.25) is 0 Å². The molecule has 0 radical (unpaired) electrons. The summed E-state index contributed by atoms with van der Waals surface area (Å²) in [6, 6.07) is 8.93. The third kappa shape index (κ3) is 7.93. The Bertz CT molecular complexity index is 546. The van der Waals surface area contributed by atoms with Crippen molar-refractivity contribution in [1.82, 2.24) is 0 Å². The fourth-order valence-electron chi connectivity index (χ4n) is 6.05. The van der Waals surface area contributed by atoms with Gasteiger partial charge in [0.2, 0.25) is 0 Å². The van der Waals surface area contributed by atoms with Crippen LogP contribution in [0.4, 0.5) is 0 Å². The first kappa shape index (κ1) is 23.7. The highest BCUT2D eigenvalue weighted by atomic mass is 16.5. The highest BCUT2D eigenvalue weighted by molar-refractivity contribution is 5.27. The zero-order valence-corrected chi connectivity index (χ0v) is 20.0. The first-order valence-electron chi connectivity index (χ1n) is 13.5. The lowest BCUT2D eigenvalue weighted by atomic mass is 9.68. The van der Waals surface area contributed by atoms with Gasteiger partial charge in [-0.15, -0.1) is 0 Å². The highest BCUT2D eigenvalue weighted by Gasteiger charge is 2.30. The molecule has 30 heavy (non-hydrogen) atoms. The van der Waals surface area contributed by atoms with E-state index < -0.39 is 0 Å². The van der Waals surface area contributed by atoms with E-state index in [1.165, 1.54) is 108 Å². The summed E-state index contributed by atoms with van der Waals surface area (Å²) in [6.45, 7) is 5.43. The molecule has 0 unspecified atom stereocenters. The van der Waals surface area contributed by atoms with Gasteiger partial charge in [-0.05, 0) is 86.3 Å². The second-order valence-corrected chi connectivity index (χ2v) is 10.4. The van der Waals surface area contributed by atoms with Gasteiger partial charge in [0.15, 0.2) is 0 Å². The van der Waals surface area contributed by atoms with Crippen molar-refractivity contribution in [2.45, 2.75) is 117 Å². The lowest BCUT2D eigenvalue weighted by molar-refractivity contribution is 0.140. The molecule has 1 aromatic carbocycles. The van der Waals surface area contributed by atoms with Crippen molar-refractivity contribution in [3.8, 4) is 5.75 Å². The van der Waals surface area contributed by atoms with Gasteiger partial charge in [-0.1, -0.05) is 83.8 Å². The predicted molar refractivity (Wildman–Crippen MR) is 130 cm³/mol. The summed E-state index contributed by atoms with van der Waals surface area (Å²) in [4.78, 5) is 0. The van der Waals surface area contributed by atoms with E-state index >= 15 is 0 Å². The van der Waals surface area contributed by atoms with Crippen LogP contribution >= 0.6 is 0 Å². The van der Waals surface area contributed by atoms with Crippen LogP contribution in [-0.4, -0.2) is 6.61 Å². The third-order valence-corrected chi connectivity index (χ3v) is 8.20. The molecular formula is C29H48O. The quantitative estimate of drug-likeness (QED) is 0.311. The van der Waals surface area contributed by atoms with Crippen molar-refractivity contribution in [3.05, 3.63) is 29.8 Å². The number of aryl methyl sites for hydroxylation is 1. The summed E-state index contributed by atoms with van der Waals surface area (Å²) in [5.74, 6) is 5.18. The smallest absolute Gasteiger partial charge is 0.119 e. The van der Waals surface area contributed by atoms with E-state index in [9.17, 15) is 0 Å². The van der Waals surface area contributed by atoms with E-state index in [1.54, 1.807) is 0 Å². The Morgan fingerprint density at radius 2 is 1.23 bits per heavy atom. The molecule has 0 saturated heterocycles. The molecule has 0 N–H and O–H groups in total. The van der Waals surface area contributed by atoms with E-state index in [0.717, 1.165) is 36.0 Å². The Morgan fingerprint density at radius 3 is 1.80 bits per heavy atom. The van der Waals surface area contributed by atoms with Crippen molar-refractivity contribution < 1.29 is 4.74 Å². The first-order valence-corrected chi connectivity index (χ1v) is 13.5. The largest absolute Gasteiger partial charge is 0.494 e. The van der Waals surface area contributed by atoms with Gasteiger partial charge in [0.05, 0.1) is 6.61 Å². The topological polar surface area (TPSA) is 9.23 Å². The van der Waals surface area contributed by atoms with Gasteiger partial charge < -0.3 is 4.74 Å². The molecule has 2 aliphatic carbocycles. The molecule has 1 nitrogen and oxygen atoms in total. The van der Waals surface area contributed by atoms with Gasteiger partial charge in [-0.25, -0.2) is 0 Å². The fraction of sp³-hybridized carbons (Fsp3) is 0.793. The van der Waals surface area contributed by atoms with Gasteiger partial charge >= 0.3 is 0 Å². The van der Waals surface area contributed by atoms with Crippen LogP contribution in [0.1, 0.15) is 116 Å². The molecule has 170 valence electrons. The maximum Gasteiger partial charge on any atom is 0.119 e. The van der Waals surface area contributed by atoms with Crippen LogP contribution in [0.2, 0.25) is 0 Å². The average molecular weight is 413 g/mol. The highest BCUT2D eigenvalue weighted by Crippen LogP contribution is 2.43. The number of hydrogen-bond acceptors (Lipinski definition) is 1. The number of rotatable bonds is 12. The second kappa shape index (κ2) is 13.4. The Balaban J connectivity index is 1.30. The zero-order chi connectivity index (χ0) is 21.0. The van der Waals surface area contributed by atoms with Gasteiger partial charge in [0.25, 0.3) is 0 Å². The van der Waals surface area contributed by atoms with E-state index in [2.05, 4.69) is 38.1 Å². The summed E-state index contributed by atoms with van der Waals surface area (Å²) in [7, 11) is 0. The molecule has 1 aromatic rings. The molecule has 2 aliphatic rings. The SMILES string of the molecule is CCCCCOc1ccc(CCC2CCC(C3CCC(CCCC)CC3)CC2)cc1. The van der Waals surface area contributed by atoms with Crippen molar-refractivity contribution in [2.75, 3.05) is 6.61 Å². The lowest BCUT2D eigenvalue weighted by Crippen LogP contribution is -2.26. The fourth-order valence-corrected chi connectivity index (χ4v) is 6.05. The molecule has 2 saturated carbocycles. The minimum absolute atomic E-state index is 0.858. The Labute approximate surface area is 187 Å². The molecule has 2 fully saturated rings. The monoisotopic (exact) mass is 412 g/mol. The Morgan fingerprint density at radius 1 is 0.667 bits per heavy atom. The molecule has 0 amide bonds. The third-order valence-electron chi connectivity index (χ3n) is 8.20. The van der Waals surface area contributed by atoms with Crippen molar-refractivity contribution in [2.24, 2.45) is 23.7 Å². The van der Waals surface area contributed by atoms with E-state index in [1.807, 2.05) is 0 Å². The minimum atomic E-state index is 0.858. The summed E-state index contributed by atoms with van der Waals surface area (Å²) in [6.07, 6.45) is 22.8. The van der Waals surface area contributed by atoms with Crippen molar-refractivity contribution in [3.63, 3.8) is 0 Å². The zero-order valence-electron chi connectivity index (χ0n) is 20.0. The molecule has 0 heterocycles. The summed E-state index contributed by atoms with van der Waals surface area (Å²) in [5.41, 5.74) is 1.49. The van der Waals surface area contributed by atoms with E-state index in [4.69, 9.17) is 4.74 Å². The summed E-state index contributed by atoms with van der Waals surface area (Å²) < 4.78 is 5.85. The van der Waals surface area contributed by atoms with Gasteiger partial charge in [0, 0.05) is 0 Å². The number of ether oxygens (including phenoxy) is 1. The van der Waals surface area contributed by atoms with Crippen LogP contribution in [0.3, 0.4) is 0 Å². The molecule has 0 aromatic heterocycles. The number of hydrogen-bond donors (Lipinski definition) is 0. The van der Waals surface area contributed by atoms with Crippen molar-refractivity contribution in [1.29, 1.82) is 0 Å². The van der Waals surface area contributed by atoms with Crippen LogP contribution in [0.5, 0.6) is 5.75 Å². The van der Waals surface area contributed by atoms with E-state index in [0.29, 0.717) is 0 Å². The standard InChI is InChI=1S/C29H48O/c1-3-5-7-23-30-29-21-15-26(16-22-29)10-9-25-13-19-28(20-14-25)27-17-11-24(12-18-27)8-6-4-2/h15-16,21-22,24-25,27-28H,3-14,17-20,23H2,1-2H3. The Kier molecular flexibility index (Phi) is 10.6. The molecule has 0 atom stereocenters. The van der Waals surface area contributed by atoms with Crippen LogP contribution < -0.4 is 4.74 Å². The summed E-state index contributed by atoms with van der Waals surface area (Å²) >= 11 is 0. The molecule has 1 heteroatoms. The van der Waals surface area contributed by atoms with Gasteiger partial charge in [0.1, 0.15) is 5.75 Å². The molecule has 0 bridgehead atoms. The number of unbranched alkanes of at least 4 members (excludes halogenated alkanes) is 3. The normalized spacial score (nSPS) is 27.1. The molecule has 0 spiro atoms. The predicted octanol–water partition coefficient (Wildman–Crippen LogP) is 8.99. The molecular weight excluding hydrogens is 364 g/mol. The van der Waals surface area contributed by atoms with Crippen LogP contribution in [0, 0.1) is 23.7 Å². The van der Waals surface area contributed by atoms with Crippen LogP contribution in [0.25, 0.3) is 0 Å². The maximum absolute atomic E-state index is 5.85. The Hall–Kier alpha value is -0.980. The van der Waals surface area contributed by atoms with Gasteiger partial charge in [-0.2, -0.15) is 0 Å². The van der Waals surface area contributed by atoms with E-state index in [-0.39, 0.29) is 0 Å². The average Bonchev–Trinajstić information content (AvgIpc) is 2.81. The number of benzene rings is 1. The summed E-state index contributed by atoms with van der Waals surface area (Å²) in [5, 5.41) is 0. The van der Waals surface area contributed by atoms with Crippen molar-refractivity contribution >= 4 is 0 Å². The first-order chi connectivity index (χ1) is 14.8. The lowest BCUT2D eigenvalue weighted by Gasteiger charge is -2.38. The van der Waals surface area contributed by atoms with Crippen LogP contribution in [0.15, 0.2) is 24.3 Å². The maximum atomic E-state index is 5.85.